The number of ether oxygens (including phenoxy) is 1. The maximum Gasteiger partial charge on any atom is 0.412 e. The van der Waals surface area contributed by atoms with Gasteiger partial charge in [0.25, 0.3) is 11.8 Å². The van der Waals surface area contributed by atoms with Crippen LogP contribution in [-0.4, -0.2) is 45.6 Å². The van der Waals surface area contributed by atoms with Crippen molar-refractivity contribution in [1.82, 2.24) is 15.2 Å². The van der Waals surface area contributed by atoms with E-state index >= 15 is 0 Å². The van der Waals surface area contributed by atoms with Gasteiger partial charge in [-0.1, -0.05) is 48.5 Å². The van der Waals surface area contributed by atoms with Crippen LogP contribution in [0.5, 0.6) is 0 Å². The number of benzene rings is 3. The monoisotopic (exact) mass is 602 g/mol. The first-order chi connectivity index (χ1) is 20.5. The fourth-order valence-corrected chi connectivity index (χ4v) is 6.79. The summed E-state index contributed by atoms with van der Waals surface area (Å²) >= 11 is 2.57. The van der Waals surface area contributed by atoms with Crippen LogP contribution in [-0.2, 0) is 16.1 Å². The van der Waals surface area contributed by atoms with Crippen LogP contribution in [0.1, 0.15) is 39.7 Å². The van der Waals surface area contributed by atoms with Crippen molar-refractivity contribution in [3.8, 4) is 0 Å². The van der Waals surface area contributed by atoms with E-state index in [1.807, 2.05) is 30.3 Å². The van der Waals surface area contributed by atoms with Crippen molar-refractivity contribution in [1.29, 1.82) is 0 Å². The minimum atomic E-state index is -0.968. The molecule has 1 aliphatic carbocycles. The van der Waals surface area contributed by atoms with Crippen LogP contribution in [0, 0.1) is 5.82 Å². The number of thioether (sulfide) groups is 1. The van der Waals surface area contributed by atoms with E-state index in [0.29, 0.717) is 21.9 Å². The lowest BCUT2D eigenvalue weighted by atomic mass is 10.1. The summed E-state index contributed by atoms with van der Waals surface area (Å²) in [5.74, 6) is -0.825. The first kappa shape index (κ1) is 27.9. The van der Waals surface area contributed by atoms with E-state index in [0.717, 1.165) is 18.4 Å². The number of anilines is 2. The summed E-state index contributed by atoms with van der Waals surface area (Å²) in [6.45, 7) is 0.00627. The molecule has 4 aromatic rings. The van der Waals surface area contributed by atoms with Gasteiger partial charge in [-0.05, 0) is 48.7 Å². The zero-order valence-electron chi connectivity index (χ0n) is 22.4. The van der Waals surface area contributed by atoms with Crippen LogP contribution in [0.3, 0.4) is 0 Å². The lowest BCUT2D eigenvalue weighted by molar-refractivity contribution is -0.121. The zero-order valence-corrected chi connectivity index (χ0v) is 24.0. The Labute approximate surface area is 250 Å². The Bertz CT molecular complexity index is 1570. The first-order valence-corrected chi connectivity index (χ1v) is 15.4. The number of aromatic nitrogens is 1. The number of nitrogens with zero attached hydrogens (tertiary/aromatic N) is 3. The minimum Gasteiger partial charge on any atom is -0.444 e. The van der Waals surface area contributed by atoms with Crippen LogP contribution in [0.2, 0.25) is 0 Å². The molecule has 0 spiro atoms. The molecular weight excluding hydrogens is 575 g/mol. The molecule has 11 heteroatoms. The van der Waals surface area contributed by atoms with Crippen molar-refractivity contribution in [2.45, 2.75) is 36.9 Å². The normalized spacial score (nSPS) is 18.0. The molecule has 2 aliphatic rings. The molecule has 2 heterocycles. The smallest absolute Gasteiger partial charge is 0.412 e. The number of amides is 3. The van der Waals surface area contributed by atoms with Gasteiger partial charge >= 0.3 is 6.09 Å². The van der Waals surface area contributed by atoms with Crippen molar-refractivity contribution in [2.75, 3.05) is 10.7 Å². The Morgan fingerprint density at radius 1 is 1.00 bits per heavy atom. The lowest BCUT2D eigenvalue weighted by Gasteiger charge is -2.31. The highest BCUT2D eigenvalue weighted by molar-refractivity contribution is 7.99. The van der Waals surface area contributed by atoms with Gasteiger partial charge in [0.15, 0.2) is 5.13 Å². The predicted molar refractivity (Wildman–Crippen MR) is 160 cm³/mol. The maximum atomic E-state index is 15.0. The van der Waals surface area contributed by atoms with Crippen molar-refractivity contribution in [2.24, 2.45) is 0 Å². The van der Waals surface area contributed by atoms with Gasteiger partial charge in [-0.2, -0.15) is 0 Å². The largest absolute Gasteiger partial charge is 0.444 e. The third-order valence-electron chi connectivity index (χ3n) is 7.00. The number of carbonyl (C=O) groups excluding carboxylic acids is 3. The molecule has 1 saturated heterocycles. The number of halogens is 1. The molecule has 3 amide bonds. The van der Waals surface area contributed by atoms with Crippen molar-refractivity contribution in [3.05, 3.63) is 113 Å². The van der Waals surface area contributed by atoms with E-state index in [1.165, 1.54) is 39.0 Å². The molecule has 8 nitrogen and oxygen atoms in total. The summed E-state index contributed by atoms with van der Waals surface area (Å²) in [6, 6.07) is 21.4. The first-order valence-electron chi connectivity index (χ1n) is 13.5. The molecule has 2 unspecified atom stereocenters. The van der Waals surface area contributed by atoms with Crippen molar-refractivity contribution >= 4 is 51.8 Å². The highest BCUT2D eigenvalue weighted by atomic mass is 32.2. The Hall–Kier alpha value is -4.22. The highest BCUT2D eigenvalue weighted by Gasteiger charge is 2.46. The van der Waals surface area contributed by atoms with E-state index < -0.39 is 29.2 Å². The second-order valence-corrected chi connectivity index (χ2v) is 11.9. The van der Waals surface area contributed by atoms with Crippen LogP contribution in [0.4, 0.5) is 20.0 Å². The standard InChI is InChI=1S/C31H27FN4O4S2/c32-25-9-5-4-8-24(25)29-36(31(39)40-18-20-6-2-1-3-7-20)26(19-42-29)28(38)35(30-33-16-17-41-30)23-14-10-21(11-15-23)27(37)34-22-12-13-22/h1-11,14-17,22,26,29H,12-13,18-19H2,(H,34,37). The quantitative estimate of drug-likeness (QED) is 0.255. The molecular formula is C31H27FN4O4S2. The number of carbonyl (C=O) groups is 3. The van der Waals surface area contributed by atoms with Gasteiger partial charge in [-0.25, -0.2) is 14.2 Å². The molecule has 214 valence electrons. The average molecular weight is 603 g/mol. The Morgan fingerprint density at radius 2 is 1.74 bits per heavy atom. The zero-order chi connectivity index (χ0) is 29.1. The SMILES string of the molecule is O=C(NC1CC1)c1ccc(N(C(=O)C2CSC(c3ccccc3F)N2C(=O)OCc2ccccc2)c2nccs2)cc1. The summed E-state index contributed by atoms with van der Waals surface area (Å²) < 4.78 is 20.6. The topological polar surface area (TPSA) is 91.8 Å². The molecule has 1 N–H and O–H groups in total. The van der Waals surface area contributed by atoms with Crippen LogP contribution in [0.25, 0.3) is 0 Å². The molecule has 2 fully saturated rings. The Morgan fingerprint density at radius 3 is 2.43 bits per heavy atom. The second-order valence-electron chi connectivity index (χ2n) is 9.95. The maximum absolute atomic E-state index is 15.0. The van der Waals surface area contributed by atoms with Gasteiger partial charge in [-0.15, -0.1) is 23.1 Å². The number of rotatable bonds is 8. The summed E-state index contributed by atoms with van der Waals surface area (Å²) in [4.78, 5) is 47.6. The Kier molecular flexibility index (Phi) is 8.20. The van der Waals surface area contributed by atoms with Gasteiger partial charge in [0.05, 0.1) is 5.69 Å². The molecule has 1 aromatic heterocycles. The summed E-state index contributed by atoms with van der Waals surface area (Å²) in [5.41, 5.74) is 2.06. The summed E-state index contributed by atoms with van der Waals surface area (Å²) in [5, 5.41) is 4.36. The number of hydrogen-bond donors (Lipinski definition) is 1. The minimum absolute atomic E-state index is 0.00627. The van der Waals surface area contributed by atoms with E-state index in [4.69, 9.17) is 4.74 Å². The molecule has 0 bridgehead atoms. The lowest BCUT2D eigenvalue weighted by Crippen LogP contribution is -2.48. The molecule has 0 radical (unpaired) electrons. The van der Waals surface area contributed by atoms with E-state index in [1.54, 1.807) is 54.0 Å². The number of hydrogen-bond acceptors (Lipinski definition) is 7. The third kappa shape index (κ3) is 6.02. The number of thiazole rings is 1. The van der Waals surface area contributed by atoms with Gasteiger partial charge in [0, 0.05) is 34.5 Å². The molecule has 2 atom stereocenters. The summed E-state index contributed by atoms with van der Waals surface area (Å²) in [7, 11) is 0. The van der Waals surface area contributed by atoms with Crippen LogP contribution >= 0.6 is 23.1 Å². The van der Waals surface area contributed by atoms with E-state index in [2.05, 4.69) is 10.3 Å². The molecule has 1 aliphatic heterocycles. The van der Waals surface area contributed by atoms with Crippen molar-refractivity contribution < 1.29 is 23.5 Å². The molecule has 42 heavy (non-hydrogen) atoms. The van der Waals surface area contributed by atoms with Gasteiger partial charge < -0.3 is 10.1 Å². The molecule has 3 aromatic carbocycles. The molecule has 6 rings (SSSR count). The highest BCUT2D eigenvalue weighted by Crippen LogP contribution is 2.44. The third-order valence-corrected chi connectivity index (χ3v) is 9.07. The molecule has 1 saturated carbocycles. The Balaban J connectivity index is 1.30. The van der Waals surface area contributed by atoms with Gasteiger partial charge in [0.1, 0.15) is 23.8 Å². The van der Waals surface area contributed by atoms with E-state index in [9.17, 15) is 18.8 Å². The number of nitrogens with one attached hydrogen (secondary N) is 1. The van der Waals surface area contributed by atoms with E-state index in [-0.39, 0.29) is 24.3 Å². The second kappa shape index (κ2) is 12.3. The van der Waals surface area contributed by atoms with Crippen LogP contribution < -0.4 is 10.2 Å². The average Bonchev–Trinajstić information content (AvgIpc) is 3.47. The van der Waals surface area contributed by atoms with Gasteiger partial charge in [-0.3, -0.25) is 19.4 Å². The predicted octanol–water partition coefficient (Wildman–Crippen LogP) is 6.29. The fourth-order valence-electron chi connectivity index (χ4n) is 4.69. The van der Waals surface area contributed by atoms with Crippen molar-refractivity contribution in [3.63, 3.8) is 0 Å². The van der Waals surface area contributed by atoms with Gasteiger partial charge in [0.2, 0.25) is 0 Å². The fraction of sp³-hybridized carbons (Fsp3) is 0.226. The summed E-state index contributed by atoms with van der Waals surface area (Å²) in [6.07, 6.45) is 2.83. The van der Waals surface area contributed by atoms with Crippen LogP contribution in [0.15, 0.2) is 90.4 Å².